The fraction of sp³-hybridized carbons (Fsp3) is 0.222. The van der Waals surface area contributed by atoms with E-state index in [-0.39, 0.29) is 24.6 Å². The van der Waals surface area contributed by atoms with E-state index >= 15 is 0 Å². The Labute approximate surface area is 148 Å². The molecule has 1 fully saturated rings. The summed E-state index contributed by atoms with van der Waals surface area (Å²) in [5.41, 5.74) is 0.426. The molecule has 2 aromatic carbocycles. The summed E-state index contributed by atoms with van der Waals surface area (Å²) in [6.45, 7) is 0.282. The minimum absolute atomic E-state index is 0.116. The van der Waals surface area contributed by atoms with E-state index in [1.165, 1.54) is 0 Å². The van der Waals surface area contributed by atoms with Crippen LogP contribution in [0, 0.1) is 11.6 Å². The van der Waals surface area contributed by atoms with Crippen LogP contribution >= 0.6 is 0 Å². The molecule has 3 rings (SSSR count). The Balaban J connectivity index is 1.61. The maximum Gasteiger partial charge on any atom is 0.319 e. The number of carbonyl (C=O) groups excluding carboxylic acids is 2. The minimum atomic E-state index is -0.746. The third-order valence-corrected chi connectivity index (χ3v) is 4.02. The van der Waals surface area contributed by atoms with Gasteiger partial charge in [0.05, 0.1) is 18.8 Å². The van der Waals surface area contributed by atoms with Gasteiger partial charge in [-0.05, 0) is 36.4 Å². The zero-order valence-electron chi connectivity index (χ0n) is 14.0. The SMILES string of the molecule is COc1ccc(N2CC(NC(=O)Nc3cc(F)ccc3F)CC2=O)cc1. The lowest BCUT2D eigenvalue weighted by molar-refractivity contribution is -0.117. The number of halogens is 2. The first-order chi connectivity index (χ1) is 12.5. The average molecular weight is 361 g/mol. The number of rotatable bonds is 4. The Morgan fingerprint density at radius 1 is 1.19 bits per heavy atom. The van der Waals surface area contributed by atoms with Crippen LogP contribution in [0.3, 0.4) is 0 Å². The van der Waals surface area contributed by atoms with Gasteiger partial charge in [-0.1, -0.05) is 0 Å². The minimum Gasteiger partial charge on any atom is -0.497 e. The average Bonchev–Trinajstić information content (AvgIpc) is 2.98. The van der Waals surface area contributed by atoms with E-state index in [4.69, 9.17) is 4.74 Å². The number of nitrogens with zero attached hydrogens (tertiary/aromatic N) is 1. The van der Waals surface area contributed by atoms with Crippen LogP contribution in [0.15, 0.2) is 42.5 Å². The second-order valence-corrected chi connectivity index (χ2v) is 5.83. The normalized spacial score (nSPS) is 16.5. The molecule has 2 N–H and O–H groups in total. The Morgan fingerprint density at radius 2 is 1.92 bits per heavy atom. The van der Waals surface area contributed by atoms with Gasteiger partial charge >= 0.3 is 6.03 Å². The van der Waals surface area contributed by atoms with Gasteiger partial charge in [0.2, 0.25) is 5.91 Å². The molecule has 3 amide bonds. The van der Waals surface area contributed by atoms with Gasteiger partial charge in [0, 0.05) is 24.7 Å². The van der Waals surface area contributed by atoms with Crippen molar-refractivity contribution in [2.45, 2.75) is 12.5 Å². The fourth-order valence-electron chi connectivity index (χ4n) is 2.75. The predicted octanol–water partition coefficient (Wildman–Crippen LogP) is 2.90. The van der Waals surface area contributed by atoms with Crippen molar-refractivity contribution in [3.05, 3.63) is 54.1 Å². The molecule has 1 atom stereocenters. The van der Waals surface area contributed by atoms with Crippen LogP contribution in [0.25, 0.3) is 0 Å². The van der Waals surface area contributed by atoms with Gasteiger partial charge in [-0.25, -0.2) is 13.6 Å². The van der Waals surface area contributed by atoms with E-state index in [0.29, 0.717) is 11.4 Å². The third kappa shape index (κ3) is 3.90. The summed E-state index contributed by atoms with van der Waals surface area (Å²) in [4.78, 5) is 25.7. The Morgan fingerprint density at radius 3 is 2.62 bits per heavy atom. The quantitative estimate of drug-likeness (QED) is 0.880. The summed E-state index contributed by atoms with van der Waals surface area (Å²) in [5.74, 6) is -0.878. The first kappa shape index (κ1) is 17.7. The highest BCUT2D eigenvalue weighted by atomic mass is 19.1. The van der Waals surface area contributed by atoms with Crippen molar-refractivity contribution in [3.8, 4) is 5.75 Å². The van der Waals surface area contributed by atoms with E-state index in [2.05, 4.69) is 10.6 Å². The molecule has 0 aromatic heterocycles. The molecule has 1 unspecified atom stereocenters. The molecular formula is C18H17F2N3O3. The summed E-state index contributed by atoms with van der Waals surface area (Å²) in [5, 5.41) is 4.85. The lowest BCUT2D eigenvalue weighted by Gasteiger charge is -2.18. The molecule has 1 saturated heterocycles. The van der Waals surface area contributed by atoms with Crippen molar-refractivity contribution < 1.29 is 23.1 Å². The van der Waals surface area contributed by atoms with Crippen molar-refractivity contribution in [2.24, 2.45) is 0 Å². The number of urea groups is 1. The molecule has 2 aromatic rings. The van der Waals surface area contributed by atoms with Crippen molar-refractivity contribution in [2.75, 3.05) is 23.9 Å². The molecule has 136 valence electrons. The number of amides is 3. The van der Waals surface area contributed by atoms with Crippen molar-refractivity contribution in [1.29, 1.82) is 0 Å². The number of hydrogen-bond donors (Lipinski definition) is 2. The third-order valence-electron chi connectivity index (χ3n) is 4.02. The van der Waals surface area contributed by atoms with Gasteiger partial charge in [0.25, 0.3) is 0 Å². The van der Waals surface area contributed by atoms with E-state index in [1.54, 1.807) is 36.3 Å². The summed E-state index contributed by atoms with van der Waals surface area (Å²) < 4.78 is 31.8. The van der Waals surface area contributed by atoms with E-state index in [9.17, 15) is 18.4 Å². The van der Waals surface area contributed by atoms with Gasteiger partial charge < -0.3 is 20.3 Å². The second kappa shape index (κ2) is 7.38. The molecule has 8 heteroatoms. The molecule has 0 radical (unpaired) electrons. The predicted molar refractivity (Wildman–Crippen MR) is 92.3 cm³/mol. The smallest absolute Gasteiger partial charge is 0.319 e. The molecular weight excluding hydrogens is 344 g/mol. The number of nitrogens with one attached hydrogen (secondary N) is 2. The highest BCUT2D eigenvalue weighted by Crippen LogP contribution is 2.24. The zero-order chi connectivity index (χ0) is 18.7. The van der Waals surface area contributed by atoms with Gasteiger partial charge in [-0.2, -0.15) is 0 Å². The van der Waals surface area contributed by atoms with Gasteiger partial charge in [0.15, 0.2) is 0 Å². The maximum absolute atomic E-state index is 13.6. The molecule has 0 bridgehead atoms. The molecule has 1 heterocycles. The zero-order valence-corrected chi connectivity index (χ0v) is 14.0. The van der Waals surface area contributed by atoms with Crippen LogP contribution < -0.4 is 20.3 Å². The molecule has 26 heavy (non-hydrogen) atoms. The van der Waals surface area contributed by atoms with E-state index < -0.39 is 23.7 Å². The summed E-state index contributed by atoms with van der Waals surface area (Å²) >= 11 is 0. The number of carbonyl (C=O) groups is 2. The number of methoxy groups -OCH3 is 1. The number of benzene rings is 2. The van der Waals surface area contributed by atoms with Crippen LogP contribution in [0.1, 0.15) is 6.42 Å². The molecule has 0 aliphatic carbocycles. The molecule has 6 nitrogen and oxygen atoms in total. The topological polar surface area (TPSA) is 70.7 Å². The van der Waals surface area contributed by atoms with E-state index in [1.807, 2.05) is 0 Å². The summed E-state index contributed by atoms with van der Waals surface area (Å²) in [7, 11) is 1.55. The monoisotopic (exact) mass is 361 g/mol. The largest absolute Gasteiger partial charge is 0.497 e. The highest BCUT2D eigenvalue weighted by molar-refractivity contribution is 5.97. The molecule has 0 spiro atoms. The first-order valence-electron chi connectivity index (χ1n) is 7.93. The summed E-state index contributed by atoms with van der Waals surface area (Å²) in [6.07, 6.45) is 0.116. The summed E-state index contributed by atoms with van der Waals surface area (Å²) in [6, 6.07) is 8.60. The molecule has 1 aliphatic heterocycles. The van der Waals surface area contributed by atoms with Crippen molar-refractivity contribution >= 4 is 23.3 Å². The Hall–Kier alpha value is -3.16. The lowest BCUT2D eigenvalue weighted by Crippen LogP contribution is -2.39. The first-order valence-corrected chi connectivity index (χ1v) is 7.93. The van der Waals surface area contributed by atoms with Gasteiger partial charge in [-0.3, -0.25) is 4.79 Å². The maximum atomic E-state index is 13.6. The lowest BCUT2D eigenvalue weighted by atomic mass is 10.2. The van der Waals surface area contributed by atoms with Crippen LogP contribution in [0.5, 0.6) is 5.75 Å². The van der Waals surface area contributed by atoms with Crippen LogP contribution in [0.4, 0.5) is 25.0 Å². The van der Waals surface area contributed by atoms with Crippen molar-refractivity contribution in [3.63, 3.8) is 0 Å². The van der Waals surface area contributed by atoms with Crippen LogP contribution in [-0.4, -0.2) is 31.6 Å². The van der Waals surface area contributed by atoms with Crippen LogP contribution in [-0.2, 0) is 4.79 Å². The standard InChI is InChI=1S/C18H17F2N3O3/c1-26-14-5-3-13(4-6-14)23-10-12(9-17(23)24)21-18(25)22-16-8-11(19)2-7-15(16)20/h2-8,12H,9-10H2,1H3,(H2,21,22,25). The Kier molecular flexibility index (Phi) is 5.01. The van der Waals surface area contributed by atoms with E-state index in [0.717, 1.165) is 18.2 Å². The number of ether oxygens (including phenoxy) is 1. The Bertz CT molecular complexity index is 827. The molecule has 1 aliphatic rings. The number of anilines is 2. The van der Waals surface area contributed by atoms with Gasteiger partial charge in [-0.15, -0.1) is 0 Å². The van der Waals surface area contributed by atoms with Crippen molar-refractivity contribution in [1.82, 2.24) is 5.32 Å². The highest BCUT2D eigenvalue weighted by Gasteiger charge is 2.31. The molecule has 0 saturated carbocycles. The fourth-order valence-corrected chi connectivity index (χ4v) is 2.75. The number of hydrogen-bond acceptors (Lipinski definition) is 3. The van der Waals surface area contributed by atoms with Gasteiger partial charge in [0.1, 0.15) is 17.4 Å². The van der Waals surface area contributed by atoms with Crippen LogP contribution in [0.2, 0.25) is 0 Å². The second-order valence-electron chi connectivity index (χ2n) is 5.83.